The fourth-order valence-corrected chi connectivity index (χ4v) is 2.60. The maximum absolute atomic E-state index is 12.2. The zero-order chi connectivity index (χ0) is 14.9. The fourth-order valence-electron chi connectivity index (χ4n) is 2.60. The number of hydrogen-bond donors (Lipinski definition) is 2. The number of methoxy groups -OCH3 is 2. The van der Waals surface area contributed by atoms with E-state index in [1.165, 1.54) is 13.2 Å². The smallest absolute Gasteiger partial charge is 0.255 e. The van der Waals surface area contributed by atoms with E-state index in [-0.39, 0.29) is 34.8 Å². The molecule has 0 radical (unpaired) electrons. The lowest BCUT2D eigenvalue weighted by Crippen LogP contribution is -2.61. The van der Waals surface area contributed by atoms with Crippen molar-refractivity contribution in [2.75, 3.05) is 14.2 Å². The van der Waals surface area contributed by atoms with Gasteiger partial charge in [-0.15, -0.1) is 0 Å². The second-order valence-corrected chi connectivity index (χ2v) is 5.69. The first-order valence-corrected chi connectivity index (χ1v) is 6.60. The number of benzene rings is 1. The van der Waals surface area contributed by atoms with E-state index in [0.717, 1.165) is 6.42 Å². The number of nitrogens with one attached hydrogen (secondary N) is 1. The average molecular weight is 279 g/mol. The Bertz CT molecular complexity index is 513. The van der Waals surface area contributed by atoms with Crippen LogP contribution in [0, 0.1) is 5.41 Å². The molecule has 0 aliphatic heterocycles. The van der Waals surface area contributed by atoms with Crippen molar-refractivity contribution in [1.82, 2.24) is 5.32 Å². The van der Waals surface area contributed by atoms with Crippen LogP contribution in [0.3, 0.4) is 0 Å². The molecular weight excluding hydrogens is 258 g/mol. The van der Waals surface area contributed by atoms with E-state index in [9.17, 15) is 9.90 Å². The highest BCUT2D eigenvalue weighted by Gasteiger charge is 2.49. The highest BCUT2D eigenvalue weighted by Crippen LogP contribution is 2.42. The van der Waals surface area contributed by atoms with Gasteiger partial charge < -0.3 is 19.9 Å². The summed E-state index contributed by atoms with van der Waals surface area (Å²) in [6.45, 7) is 4.12. The number of ether oxygens (including phenoxy) is 2. The molecule has 5 heteroatoms. The third-order valence-corrected chi connectivity index (χ3v) is 4.22. The molecule has 2 atom stereocenters. The largest absolute Gasteiger partial charge is 0.507 e. The van der Waals surface area contributed by atoms with Crippen LogP contribution >= 0.6 is 0 Å². The van der Waals surface area contributed by atoms with Crippen molar-refractivity contribution in [3.05, 3.63) is 23.8 Å². The van der Waals surface area contributed by atoms with Crippen LogP contribution in [-0.4, -0.2) is 37.4 Å². The Labute approximate surface area is 118 Å². The highest BCUT2D eigenvalue weighted by atomic mass is 16.5. The number of phenolic OH excluding ortho intramolecular Hbond substituents is 1. The minimum Gasteiger partial charge on any atom is -0.507 e. The molecule has 110 valence electrons. The summed E-state index contributed by atoms with van der Waals surface area (Å²) in [7, 11) is 3.19. The molecule has 1 aromatic carbocycles. The van der Waals surface area contributed by atoms with Crippen molar-refractivity contribution in [2.24, 2.45) is 5.41 Å². The van der Waals surface area contributed by atoms with Crippen LogP contribution in [0.25, 0.3) is 0 Å². The molecule has 0 spiro atoms. The fraction of sp³-hybridized carbons (Fsp3) is 0.533. The van der Waals surface area contributed by atoms with Crippen LogP contribution in [-0.2, 0) is 4.74 Å². The monoisotopic (exact) mass is 279 g/mol. The van der Waals surface area contributed by atoms with Gasteiger partial charge in [-0.3, -0.25) is 4.79 Å². The quantitative estimate of drug-likeness (QED) is 0.884. The third-order valence-electron chi connectivity index (χ3n) is 4.22. The zero-order valence-corrected chi connectivity index (χ0v) is 12.3. The summed E-state index contributed by atoms with van der Waals surface area (Å²) in [6, 6.07) is 4.68. The van der Waals surface area contributed by atoms with Gasteiger partial charge in [0.05, 0.1) is 18.8 Å². The molecule has 5 nitrogen and oxygen atoms in total. The van der Waals surface area contributed by atoms with Crippen LogP contribution < -0.4 is 10.1 Å². The molecule has 2 rings (SSSR count). The number of carbonyl (C=O) groups excluding carboxylic acids is 1. The van der Waals surface area contributed by atoms with Crippen molar-refractivity contribution in [3.8, 4) is 11.5 Å². The molecule has 20 heavy (non-hydrogen) atoms. The van der Waals surface area contributed by atoms with Gasteiger partial charge in [0.25, 0.3) is 5.91 Å². The zero-order valence-electron chi connectivity index (χ0n) is 12.3. The SMILES string of the molecule is COc1ccc(C(=O)NC2CC(OC)C2(C)C)c(O)c1. The lowest BCUT2D eigenvalue weighted by Gasteiger charge is -2.51. The molecule has 0 bridgehead atoms. The Balaban J connectivity index is 2.07. The summed E-state index contributed by atoms with van der Waals surface area (Å²) in [5.74, 6) is 0.155. The minimum atomic E-state index is -0.280. The van der Waals surface area contributed by atoms with Crippen LogP contribution in [0.4, 0.5) is 0 Å². The second kappa shape index (κ2) is 5.32. The Hall–Kier alpha value is -1.75. The maximum Gasteiger partial charge on any atom is 0.255 e. The number of amides is 1. The Morgan fingerprint density at radius 1 is 1.40 bits per heavy atom. The van der Waals surface area contributed by atoms with E-state index in [0.29, 0.717) is 5.75 Å². The van der Waals surface area contributed by atoms with Gasteiger partial charge in [0.1, 0.15) is 11.5 Å². The lowest BCUT2D eigenvalue weighted by atomic mass is 9.64. The number of aromatic hydroxyl groups is 1. The topological polar surface area (TPSA) is 67.8 Å². The van der Waals surface area contributed by atoms with Gasteiger partial charge in [-0.2, -0.15) is 0 Å². The summed E-state index contributed by atoms with van der Waals surface area (Å²) in [5.41, 5.74) is 0.148. The van der Waals surface area contributed by atoms with Crippen molar-refractivity contribution < 1.29 is 19.4 Å². The van der Waals surface area contributed by atoms with Crippen LogP contribution in [0.1, 0.15) is 30.6 Å². The molecular formula is C15H21NO4. The van der Waals surface area contributed by atoms with Gasteiger partial charge in [-0.1, -0.05) is 13.8 Å². The molecule has 1 fully saturated rings. The van der Waals surface area contributed by atoms with Gasteiger partial charge in [0.15, 0.2) is 0 Å². The van der Waals surface area contributed by atoms with E-state index in [1.54, 1.807) is 19.2 Å². The Kier molecular flexibility index (Phi) is 3.90. The molecule has 1 aliphatic carbocycles. The van der Waals surface area contributed by atoms with Crippen molar-refractivity contribution in [3.63, 3.8) is 0 Å². The average Bonchev–Trinajstić information content (AvgIpc) is 2.42. The molecule has 1 saturated carbocycles. The normalized spacial score (nSPS) is 23.8. The molecule has 1 amide bonds. The first kappa shape index (κ1) is 14.7. The Morgan fingerprint density at radius 3 is 2.60 bits per heavy atom. The number of phenols is 1. The van der Waals surface area contributed by atoms with Crippen molar-refractivity contribution in [2.45, 2.75) is 32.4 Å². The van der Waals surface area contributed by atoms with Crippen LogP contribution in [0.2, 0.25) is 0 Å². The van der Waals surface area contributed by atoms with Crippen molar-refractivity contribution in [1.29, 1.82) is 0 Å². The standard InChI is InChI=1S/C15H21NO4/c1-15(2)12(8-13(15)20-4)16-14(18)10-6-5-9(19-3)7-11(10)17/h5-7,12-13,17H,8H2,1-4H3,(H,16,18). The van der Waals surface area contributed by atoms with Crippen LogP contribution in [0.5, 0.6) is 11.5 Å². The van der Waals surface area contributed by atoms with E-state index in [1.807, 2.05) is 0 Å². The predicted molar refractivity (Wildman–Crippen MR) is 75.1 cm³/mol. The van der Waals surface area contributed by atoms with Crippen molar-refractivity contribution >= 4 is 5.91 Å². The molecule has 0 heterocycles. The summed E-state index contributed by atoms with van der Waals surface area (Å²) in [5, 5.41) is 12.8. The first-order valence-electron chi connectivity index (χ1n) is 6.60. The molecule has 1 aliphatic rings. The van der Waals surface area contributed by atoms with Gasteiger partial charge in [0, 0.05) is 24.6 Å². The van der Waals surface area contributed by atoms with Crippen LogP contribution in [0.15, 0.2) is 18.2 Å². The van der Waals surface area contributed by atoms with E-state index in [2.05, 4.69) is 19.2 Å². The molecule has 2 unspecified atom stereocenters. The molecule has 1 aromatic rings. The summed E-state index contributed by atoms with van der Waals surface area (Å²) in [6.07, 6.45) is 0.934. The van der Waals surface area contributed by atoms with Gasteiger partial charge in [0.2, 0.25) is 0 Å². The van der Waals surface area contributed by atoms with Gasteiger partial charge >= 0.3 is 0 Å². The molecule has 2 N–H and O–H groups in total. The van der Waals surface area contributed by atoms with E-state index in [4.69, 9.17) is 9.47 Å². The summed E-state index contributed by atoms with van der Waals surface area (Å²) in [4.78, 5) is 12.2. The predicted octanol–water partition coefficient (Wildman–Crippen LogP) is 1.94. The molecule has 0 saturated heterocycles. The first-order chi connectivity index (χ1) is 9.40. The third kappa shape index (κ3) is 2.45. The number of hydrogen-bond acceptors (Lipinski definition) is 4. The lowest BCUT2D eigenvalue weighted by molar-refractivity contribution is -0.0942. The minimum absolute atomic E-state index is 0.0430. The van der Waals surface area contributed by atoms with E-state index >= 15 is 0 Å². The highest BCUT2D eigenvalue weighted by molar-refractivity contribution is 5.97. The van der Waals surface area contributed by atoms with E-state index < -0.39 is 0 Å². The van der Waals surface area contributed by atoms with Gasteiger partial charge in [-0.05, 0) is 18.6 Å². The molecule has 0 aromatic heterocycles. The number of rotatable bonds is 4. The maximum atomic E-state index is 12.2. The number of carbonyl (C=O) groups is 1. The Morgan fingerprint density at radius 2 is 2.10 bits per heavy atom. The summed E-state index contributed by atoms with van der Waals surface area (Å²) < 4.78 is 10.4. The van der Waals surface area contributed by atoms with Gasteiger partial charge in [-0.25, -0.2) is 0 Å². The second-order valence-electron chi connectivity index (χ2n) is 5.69. The summed E-state index contributed by atoms with van der Waals surface area (Å²) >= 11 is 0.